The Hall–Kier alpha value is -3.19. The highest BCUT2D eigenvalue weighted by molar-refractivity contribution is 6.46. The number of likely N-dealkylation sites (tertiary alicyclic amines) is 1. The van der Waals surface area contributed by atoms with Crippen molar-refractivity contribution in [3.63, 3.8) is 0 Å². The van der Waals surface area contributed by atoms with Crippen LogP contribution in [0.2, 0.25) is 0 Å². The van der Waals surface area contributed by atoms with Gasteiger partial charge in [0.1, 0.15) is 11.6 Å². The van der Waals surface area contributed by atoms with Gasteiger partial charge in [0.15, 0.2) is 0 Å². The van der Waals surface area contributed by atoms with Gasteiger partial charge >= 0.3 is 0 Å². The first kappa shape index (κ1) is 22.0. The first-order valence-corrected chi connectivity index (χ1v) is 10.7. The number of aryl methyl sites for hydroxylation is 1. The largest absolute Gasteiger partial charge is 0.507 e. The third kappa shape index (κ3) is 4.00. The van der Waals surface area contributed by atoms with Crippen molar-refractivity contribution in [2.45, 2.75) is 31.9 Å². The van der Waals surface area contributed by atoms with E-state index in [-0.39, 0.29) is 24.0 Å². The Balaban J connectivity index is 1.82. The molecule has 1 amide bonds. The fourth-order valence-corrected chi connectivity index (χ4v) is 4.32. The highest BCUT2D eigenvalue weighted by Gasteiger charge is 2.47. The second-order valence-corrected chi connectivity index (χ2v) is 8.54. The summed E-state index contributed by atoms with van der Waals surface area (Å²) < 4.78 is 19.5. The molecule has 2 heterocycles. The van der Waals surface area contributed by atoms with Crippen LogP contribution in [0.5, 0.6) is 0 Å². The summed E-state index contributed by atoms with van der Waals surface area (Å²) in [5, 5.41) is 11.1. The van der Waals surface area contributed by atoms with Gasteiger partial charge in [-0.05, 0) is 61.2 Å². The molecule has 0 saturated carbocycles. The number of ether oxygens (including phenoxy) is 1. The maximum absolute atomic E-state index is 13.8. The Bertz CT molecular complexity index is 1070. The number of Topliss-reactive ketones (excluding diaryl/α,β-unsaturated/α-hetero) is 1. The third-order valence-electron chi connectivity index (χ3n) is 6.12. The number of carbonyl (C=O) groups excluding carboxylic acids is 2. The number of ketones is 1. The van der Waals surface area contributed by atoms with Crippen molar-refractivity contribution in [1.82, 2.24) is 4.90 Å². The molecule has 2 aliphatic rings. The summed E-state index contributed by atoms with van der Waals surface area (Å²) in [6.45, 7) is 2.48. The Labute approximate surface area is 186 Å². The minimum Gasteiger partial charge on any atom is -0.507 e. The monoisotopic (exact) mass is 438 g/mol. The van der Waals surface area contributed by atoms with Crippen LogP contribution in [0.3, 0.4) is 0 Å². The number of rotatable bonds is 5. The molecule has 2 fully saturated rings. The van der Waals surface area contributed by atoms with Gasteiger partial charge in [0.25, 0.3) is 11.7 Å². The average molecular weight is 438 g/mol. The van der Waals surface area contributed by atoms with E-state index in [2.05, 4.69) is 0 Å². The summed E-state index contributed by atoms with van der Waals surface area (Å²) in [5.41, 5.74) is 2.34. The van der Waals surface area contributed by atoms with Gasteiger partial charge in [-0.25, -0.2) is 4.39 Å². The molecule has 168 valence electrons. The van der Waals surface area contributed by atoms with Crippen LogP contribution in [0.1, 0.15) is 35.6 Å². The maximum atomic E-state index is 13.8. The molecule has 2 unspecified atom stereocenters. The van der Waals surface area contributed by atoms with E-state index < -0.39 is 23.5 Å². The third-order valence-corrected chi connectivity index (χ3v) is 6.12. The van der Waals surface area contributed by atoms with Gasteiger partial charge in [-0.3, -0.25) is 9.59 Å². The minimum atomic E-state index is -0.749. The van der Waals surface area contributed by atoms with Gasteiger partial charge in [-0.1, -0.05) is 12.1 Å². The number of amides is 1. The van der Waals surface area contributed by atoms with Gasteiger partial charge in [0, 0.05) is 38.5 Å². The van der Waals surface area contributed by atoms with Crippen LogP contribution in [0.25, 0.3) is 5.76 Å². The molecule has 0 bridgehead atoms. The molecule has 4 rings (SSSR count). The van der Waals surface area contributed by atoms with E-state index >= 15 is 0 Å². The SMILES string of the molecule is Cc1cc(/C(O)=C2/C(=O)C(=O)N(CC3CCCO3)C2c2ccc(N(C)C)cc2)ccc1F. The quantitative estimate of drug-likeness (QED) is 0.437. The molecule has 0 radical (unpaired) electrons. The summed E-state index contributed by atoms with van der Waals surface area (Å²) in [4.78, 5) is 29.6. The highest BCUT2D eigenvalue weighted by atomic mass is 19.1. The molecule has 32 heavy (non-hydrogen) atoms. The second kappa shape index (κ2) is 8.74. The number of carbonyl (C=O) groups is 2. The van der Waals surface area contributed by atoms with Crippen molar-refractivity contribution in [3.8, 4) is 0 Å². The maximum Gasteiger partial charge on any atom is 0.295 e. The summed E-state index contributed by atoms with van der Waals surface area (Å²) in [6.07, 6.45) is 1.57. The molecule has 2 aliphatic heterocycles. The van der Waals surface area contributed by atoms with Crippen molar-refractivity contribution in [3.05, 3.63) is 70.5 Å². The minimum absolute atomic E-state index is 0.0107. The molecule has 2 atom stereocenters. The van der Waals surface area contributed by atoms with Crippen LogP contribution < -0.4 is 4.90 Å². The van der Waals surface area contributed by atoms with Crippen LogP contribution in [0.4, 0.5) is 10.1 Å². The molecule has 0 aromatic heterocycles. The zero-order valence-electron chi connectivity index (χ0n) is 18.5. The topological polar surface area (TPSA) is 70.1 Å². The van der Waals surface area contributed by atoms with Crippen LogP contribution in [-0.4, -0.2) is 55.0 Å². The van der Waals surface area contributed by atoms with E-state index in [1.54, 1.807) is 6.92 Å². The Kier molecular flexibility index (Phi) is 6.02. The van der Waals surface area contributed by atoms with Crippen molar-refractivity contribution in [1.29, 1.82) is 0 Å². The number of aliphatic hydroxyl groups is 1. The van der Waals surface area contributed by atoms with Gasteiger partial charge in [0.05, 0.1) is 17.7 Å². The van der Waals surface area contributed by atoms with E-state index in [1.165, 1.54) is 23.1 Å². The summed E-state index contributed by atoms with van der Waals surface area (Å²) >= 11 is 0. The van der Waals surface area contributed by atoms with Gasteiger partial charge < -0.3 is 19.6 Å². The number of halogens is 1. The summed E-state index contributed by atoms with van der Waals surface area (Å²) in [7, 11) is 3.85. The van der Waals surface area contributed by atoms with E-state index in [0.29, 0.717) is 23.3 Å². The fourth-order valence-electron chi connectivity index (χ4n) is 4.32. The van der Waals surface area contributed by atoms with Gasteiger partial charge in [-0.15, -0.1) is 0 Å². The standard InChI is InChI=1S/C25H27FN2O4/c1-15-13-17(8-11-20(15)26)23(29)21-22(16-6-9-18(10-7-16)27(2)3)28(25(31)24(21)30)14-19-5-4-12-32-19/h6-11,13,19,22,29H,4-5,12,14H2,1-3H3/b23-21-. The van der Waals surface area contributed by atoms with E-state index in [1.807, 2.05) is 43.3 Å². The van der Waals surface area contributed by atoms with Crippen LogP contribution in [-0.2, 0) is 14.3 Å². The molecular weight excluding hydrogens is 411 g/mol. The van der Waals surface area contributed by atoms with Crippen LogP contribution in [0.15, 0.2) is 48.0 Å². The molecule has 7 heteroatoms. The molecular formula is C25H27FN2O4. The number of hydrogen-bond donors (Lipinski definition) is 1. The summed E-state index contributed by atoms with van der Waals surface area (Å²) in [5.74, 6) is -2.12. The van der Waals surface area contributed by atoms with Crippen molar-refractivity contribution in [2.75, 3.05) is 32.1 Å². The second-order valence-electron chi connectivity index (χ2n) is 8.54. The number of hydrogen-bond acceptors (Lipinski definition) is 5. The number of benzene rings is 2. The molecule has 0 spiro atoms. The molecule has 0 aliphatic carbocycles. The van der Waals surface area contributed by atoms with Crippen LogP contribution in [0, 0.1) is 12.7 Å². The van der Waals surface area contributed by atoms with Gasteiger partial charge in [0.2, 0.25) is 0 Å². The van der Waals surface area contributed by atoms with Crippen molar-refractivity contribution < 1.29 is 23.8 Å². The predicted molar refractivity (Wildman–Crippen MR) is 120 cm³/mol. The average Bonchev–Trinajstić information content (AvgIpc) is 3.37. The highest BCUT2D eigenvalue weighted by Crippen LogP contribution is 2.40. The van der Waals surface area contributed by atoms with E-state index in [0.717, 1.165) is 18.5 Å². The normalized spacial score (nSPS) is 22.6. The lowest BCUT2D eigenvalue weighted by Crippen LogP contribution is -2.36. The Morgan fingerprint density at radius 2 is 1.91 bits per heavy atom. The first-order valence-electron chi connectivity index (χ1n) is 10.7. The molecule has 2 saturated heterocycles. The molecule has 2 aromatic carbocycles. The lowest BCUT2D eigenvalue weighted by atomic mass is 9.94. The van der Waals surface area contributed by atoms with E-state index in [4.69, 9.17) is 4.74 Å². The van der Waals surface area contributed by atoms with E-state index in [9.17, 15) is 19.1 Å². The Morgan fingerprint density at radius 1 is 1.19 bits per heavy atom. The predicted octanol–water partition coefficient (Wildman–Crippen LogP) is 3.80. The van der Waals surface area contributed by atoms with Gasteiger partial charge in [-0.2, -0.15) is 0 Å². The molecule has 2 aromatic rings. The van der Waals surface area contributed by atoms with Crippen molar-refractivity contribution in [2.24, 2.45) is 0 Å². The smallest absolute Gasteiger partial charge is 0.295 e. The van der Waals surface area contributed by atoms with Crippen molar-refractivity contribution >= 4 is 23.1 Å². The molecule has 1 N–H and O–H groups in total. The first-order chi connectivity index (χ1) is 15.3. The lowest BCUT2D eigenvalue weighted by Gasteiger charge is -2.28. The number of aliphatic hydroxyl groups excluding tert-OH is 1. The number of nitrogens with zero attached hydrogens (tertiary/aromatic N) is 2. The summed E-state index contributed by atoms with van der Waals surface area (Å²) in [6, 6.07) is 10.9. The lowest BCUT2D eigenvalue weighted by molar-refractivity contribution is -0.140. The zero-order chi connectivity index (χ0) is 23.0. The Morgan fingerprint density at radius 3 is 2.50 bits per heavy atom. The zero-order valence-corrected chi connectivity index (χ0v) is 18.5. The molecule has 6 nitrogen and oxygen atoms in total. The van der Waals surface area contributed by atoms with Crippen LogP contribution >= 0.6 is 0 Å². The number of anilines is 1. The fraction of sp³-hybridized carbons (Fsp3) is 0.360.